The van der Waals surface area contributed by atoms with Crippen LogP contribution < -0.4 is 9.80 Å². The van der Waals surface area contributed by atoms with Crippen LogP contribution in [0.5, 0.6) is 0 Å². The first kappa shape index (κ1) is 35.2. The Morgan fingerprint density at radius 3 is 1.38 bits per heavy atom. The summed E-state index contributed by atoms with van der Waals surface area (Å²) in [6.07, 6.45) is 0. The lowest BCUT2D eigenvalue weighted by Crippen LogP contribution is -2.12. The van der Waals surface area contributed by atoms with Crippen LogP contribution in [0.3, 0.4) is 0 Å². The van der Waals surface area contributed by atoms with Crippen LogP contribution in [-0.4, -0.2) is 0 Å². The van der Waals surface area contributed by atoms with E-state index in [1.165, 1.54) is 27.1 Å². The van der Waals surface area contributed by atoms with Crippen molar-refractivity contribution in [1.29, 1.82) is 0 Å². The lowest BCUT2D eigenvalue weighted by molar-refractivity contribution is 0.653. The molecule has 0 amide bonds. The highest BCUT2D eigenvalue weighted by Gasteiger charge is 2.27. The quantitative estimate of drug-likeness (QED) is 0.156. The van der Waals surface area contributed by atoms with Crippen LogP contribution in [0.2, 0.25) is 0 Å². The Hall–Kier alpha value is -8.48. The minimum Gasteiger partial charge on any atom is -0.452 e. The third-order valence-electron chi connectivity index (χ3n) is 13.2. The van der Waals surface area contributed by atoms with Gasteiger partial charge in [-0.3, -0.25) is 0 Å². The summed E-state index contributed by atoms with van der Waals surface area (Å²) in [5.74, 6) is 0. The lowest BCUT2D eigenvalue weighted by Gasteiger charge is -2.30. The number of rotatable bonds is 6. The first-order chi connectivity index (χ1) is 31.6. The Morgan fingerprint density at radius 2 is 0.781 bits per heavy atom. The van der Waals surface area contributed by atoms with Crippen molar-refractivity contribution >= 4 is 133 Å². The van der Waals surface area contributed by atoms with Gasteiger partial charge in [-0.15, -0.1) is 0 Å². The summed E-state index contributed by atoms with van der Waals surface area (Å²) in [6, 6.07) is 64.2. The molecule has 0 fully saturated rings. The standard InChI is InChI=1S/C58H36N2O4/c1-33-12-9-14-37(32-33)59(47-20-10-17-42-53(47)63-55-40-15-4-7-22-49(40)61-57(42)55)45-30-26-35-25-29-39-46(31-27-36-24-28-38(45)51(35)52(36)39)60(44-19-6-3-13-34(44)2)48-21-11-18-43-54(48)64-56-41-16-5-8-23-50(41)62-58(43)56/h3-32H,1-2H3. The van der Waals surface area contributed by atoms with E-state index < -0.39 is 0 Å². The molecule has 0 atom stereocenters. The zero-order chi connectivity index (χ0) is 42.2. The maximum atomic E-state index is 6.87. The molecule has 0 bridgehead atoms. The van der Waals surface area contributed by atoms with Crippen molar-refractivity contribution in [3.05, 3.63) is 193 Å². The van der Waals surface area contributed by atoms with Gasteiger partial charge < -0.3 is 27.5 Å². The molecule has 0 aliphatic carbocycles. The summed E-state index contributed by atoms with van der Waals surface area (Å²) in [5, 5.41) is 10.8. The first-order valence-corrected chi connectivity index (χ1v) is 21.7. The molecule has 302 valence electrons. The van der Waals surface area contributed by atoms with Crippen molar-refractivity contribution in [2.24, 2.45) is 0 Å². The average molecular weight is 825 g/mol. The number of fused-ring (bicyclic) bond motifs is 10. The number of furan rings is 4. The van der Waals surface area contributed by atoms with Gasteiger partial charge >= 0.3 is 0 Å². The molecule has 0 unspecified atom stereocenters. The first-order valence-electron chi connectivity index (χ1n) is 21.7. The molecule has 6 heteroatoms. The Kier molecular flexibility index (Phi) is 7.15. The molecule has 10 aromatic carbocycles. The van der Waals surface area contributed by atoms with E-state index in [0.717, 1.165) is 117 Å². The van der Waals surface area contributed by atoms with Crippen LogP contribution in [0.1, 0.15) is 11.1 Å². The van der Waals surface area contributed by atoms with Crippen molar-refractivity contribution in [3.8, 4) is 0 Å². The highest BCUT2D eigenvalue weighted by atomic mass is 16.4. The van der Waals surface area contributed by atoms with Gasteiger partial charge in [-0.1, -0.05) is 103 Å². The topological polar surface area (TPSA) is 59.0 Å². The Morgan fingerprint density at radius 1 is 0.312 bits per heavy atom. The van der Waals surface area contributed by atoms with E-state index in [1.54, 1.807) is 0 Å². The number of hydrogen-bond donors (Lipinski definition) is 0. The number of nitrogens with zero attached hydrogens (tertiary/aromatic N) is 2. The maximum Gasteiger partial charge on any atom is 0.181 e. The smallest absolute Gasteiger partial charge is 0.181 e. The van der Waals surface area contributed by atoms with Gasteiger partial charge in [-0.2, -0.15) is 0 Å². The number of anilines is 6. The van der Waals surface area contributed by atoms with E-state index in [1.807, 2.05) is 36.4 Å². The van der Waals surface area contributed by atoms with Crippen molar-refractivity contribution in [1.82, 2.24) is 0 Å². The fourth-order valence-corrected chi connectivity index (χ4v) is 10.3. The molecule has 14 rings (SSSR count). The number of para-hydroxylation sites is 5. The summed E-state index contributed by atoms with van der Waals surface area (Å²) in [6.45, 7) is 4.31. The molecule has 64 heavy (non-hydrogen) atoms. The van der Waals surface area contributed by atoms with Crippen molar-refractivity contribution < 1.29 is 17.7 Å². The fourth-order valence-electron chi connectivity index (χ4n) is 10.3. The molecule has 6 nitrogen and oxygen atoms in total. The van der Waals surface area contributed by atoms with E-state index in [4.69, 9.17) is 17.7 Å². The lowest BCUT2D eigenvalue weighted by atomic mass is 9.91. The molecule has 0 spiro atoms. The molecule has 4 aromatic heterocycles. The summed E-state index contributed by atoms with van der Waals surface area (Å²) in [5.41, 5.74) is 14.6. The molecule has 0 aliphatic rings. The maximum absolute atomic E-state index is 6.87. The van der Waals surface area contributed by atoms with Gasteiger partial charge in [0.05, 0.1) is 44.3 Å². The van der Waals surface area contributed by atoms with Crippen LogP contribution in [0.25, 0.3) is 98.5 Å². The van der Waals surface area contributed by atoms with Crippen molar-refractivity contribution in [2.75, 3.05) is 9.80 Å². The summed E-state index contributed by atoms with van der Waals surface area (Å²) < 4.78 is 26.6. The van der Waals surface area contributed by atoms with Crippen molar-refractivity contribution in [3.63, 3.8) is 0 Å². The van der Waals surface area contributed by atoms with Crippen LogP contribution >= 0.6 is 0 Å². The number of hydrogen-bond acceptors (Lipinski definition) is 6. The van der Waals surface area contributed by atoms with Crippen LogP contribution in [-0.2, 0) is 0 Å². The normalized spacial score (nSPS) is 12.2. The zero-order valence-corrected chi connectivity index (χ0v) is 34.8. The van der Waals surface area contributed by atoms with E-state index in [2.05, 4.69) is 169 Å². The highest BCUT2D eigenvalue weighted by molar-refractivity contribution is 6.29. The monoisotopic (exact) mass is 824 g/mol. The van der Waals surface area contributed by atoms with E-state index in [0.29, 0.717) is 0 Å². The largest absolute Gasteiger partial charge is 0.452 e. The fraction of sp³-hybridized carbons (Fsp3) is 0.0345. The van der Waals surface area contributed by atoms with Gasteiger partial charge in [0, 0.05) is 22.1 Å². The van der Waals surface area contributed by atoms with Gasteiger partial charge in [0.2, 0.25) is 0 Å². The summed E-state index contributed by atoms with van der Waals surface area (Å²) >= 11 is 0. The minimum absolute atomic E-state index is 0.760. The molecule has 4 heterocycles. The summed E-state index contributed by atoms with van der Waals surface area (Å²) in [4.78, 5) is 4.72. The molecule has 0 N–H and O–H groups in total. The van der Waals surface area contributed by atoms with Crippen LogP contribution in [0.15, 0.2) is 200 Å². The zero-order valence-electron chi connectivity index (χ0n) is 34.8. The van der Waals surface area contributed by atoms with E-state index in [-0.39, 0.29) is 0 Å². The predicted octanol–water partition coefficient (Wildman–Crippen LogP) is 17.4. The average Bonchev–Trinajstić information content (AvgIpc) is 4.09. The SMILES string of the molecule is Cc1cccc(N(c2ccc3ccc4c(N(c5ccccc5C)c5cccc6c5oc5c7ccccc7oc65)ccc5ccc2c3c54)c2cccc3c2oc2c4ccccc4oc32)c1. The van der Waals surface area contributed by atoms with E-state index in [9.17, 15) is 0 Å². The van der Waals surface area contributed by atoms with E-state index >= 15 is 0 Å². The number of aryl methyl sites for hydroxylation is 2. The molecule has 0 saturated heterocycles. The van der Waals surface area contributed by atoms with Crippen LogP contribution in [0, 0.1) is 13.8 Å². The molecular weight excluding hydrogens is 789 g/mol. The third kappa shape index (κ3) is 4.85. The van der Waals surface area contributed by atoms with Crippen molar-refractivity contribution in [2.45, 2.75) is 13.8 Å². The van der Waals surface area contributed by atoms with Gasteiger partial charge in [-0.25, -0.2) is 0 Å². The molecular formula is C58H36N2O4. The molecule has 0 saturated carbocycles. The van der Waals surface area contributed by atoms with Gasteiger partial charge in [0.1, 0.15) is 11.2 Å². The molecule has 14 aromatic rings. The highest BCUT2D eigenvalue weighted by Crippen LogP contribution is 2.51. The predicted molar refractivity (Wildman–Crippen MR) is 263 cm³/mol. The Labute approximate surface area is 365 Å². The molecule has 0 aliphatic heterocycles. The van der Waals surface area contributed by atoms with Gasteiger partial charge in [-0.05, 0) is 125 Å². The molecule has 0 radical (unpaired) electrons. The minimum atomic E-state index is 0.760. The van der Waals surface area contributed by atoms with Gasteiger partial charge in [0.15, 0.2) is 33.5 Å². The van der Waals surface area contributed by atoms with Gasteiger partial charge in [0.25, 0.3) is 0 Å². The Bertz CT molecular complexity index is 4200. The van der Waals surface area contributed by atoms with Crippen LogP contribution in [0.4, 0.5) is 34.1 Å². The second-order valence-corrected chi connectivity index (χ2v) is 16.9. The summed E-state index contributed by atoms with van der Waals surface area (Å²) in [7, 11) is 0. The number of benzene rings is 10. The Balaban J connectivity index is 1.03. The second-order valence-electron chi connectivity index (χ2n) is 16.9. The third-order valence-corrected chi connectivity index (χ3v) is 13.2. The second kappa shape index (κ2) is 13.0.